The standard InChI is InChI=1S/C30H56N2O7.C14H27NO4.C12H16O.C3H8N2O2/c1-3-5-6-7-8-9-10-11-12-13-14-15-16-19-28(34)32-27(30(36)37)21-20-26(33)18-17-22-38-23-24-39-25-29(35)31-4-2;1-4-18-9-10-19-11-14(17)15-8-6-5-7-12(2)13(3)16;1-10(13)12(2,3)9-11-7-5-4-6-8-11;4-2(1-6)3(5)7/h27H,3-25H2,1-2H3,(H,31,35)(H,32,34)(H,36,37);12H,4-11H2,1-3H3,(H,15,17);4-8H,9H2,1-3H3;2,6H,1,4H2,(H2,5,7)/t;12-;;2-/m.0.0/s1. The van der Waals surface area contributed by atoms with Crippen molar-refractivity contribution in [3.05, 3.63) is 35.9 Å². The number of ether oxygens (including phenoxy) is 4. The number of hydrogen-bond acceptors (Lipinski definition) is 14. The molecule has 4 amide bonds. The molecule has 0 aliphatic heterocycles. The van der Waals surface area contributed by atoms with E-state index in [4.69, 9.17) is 29.8 Å². The molecule has 1 rings (SSSR count). The van der Waals surface area contributed by atoms with Crippen LogP contribution in [0.5, 0.6) is 0 Å². The van der Waals surface area contributed by atoms with Crippen LogP contribution < -0.4 is 27.4 Å². The van der Waals surface area contributed by atoms with Crippen LogP contribution in [0.3, 0.4) is 0 Å². The molecule has 1 aromatic carbocycles. The van der Waals surface area contributed by atoms with Crippen molar-refractivity contribution in [1.82, 2.24) is 16.0 Å². The number of nitrogens with one attached hydrogen (secondary N) is 3. The molecule has 78 heavy (non-hydrogen) atoms. The van der Waals surface area contributed by atoms with Crippen molar-refractivity contribution in [2.75, 3.05) is 72.6 Å². The Labute approximate surface area is 468 Å². The Morgan fingerprint density at radius 2 is 1.14 bits per heavy atom. The lowest BCUT2D eigenvalue weighted by atomic mass is 9.82. The molecule has 0 saturated carbocycles. The maximum absolute atomic E-state index is 12.2. The second-order valence-electron chi connectivity index (χ2n) is 20.2. The lowest BCUT2D eigenvalue weighted by Gasteiger charge is -2.20. The summed E-state index contributed by atoms with van der Waals surface area (Å²) in [5, 5.41) is 25.5. The van der Waals surface area contributed by atoms with Gasteiger partial charge in [-0.1, -0.05) is 141 Å². The van der Waals surface area contributed by atoms with E-state index in [1.54, 1.807) is 13.8 Å². The number of hydrogen-bond donors (Lipinski definition) is 7. The predicted octanol–water partition coefficient (Wildman–Crippen LogP) is 7.52. The topological polar surface area (TPSA) is 302 Å². The fourth-order valence-electron chi connectivity index (χ4n) is 7.07. The summed E-state index contributed by atoms with van der Waals surface area (Å²) < 4.78 is 20.8. The quantitative estimate of drug-likeness (QED) is 0.0311. The number of Topliss-reactive ketones (excluding diaryl/α,β-unsaturated/α-hetero) is 3. The maximum atomic E-state index is 12.2. The number of likely N-dealkylation sites (N-methyl/N-ethyl adjacent to an activating group) is 1. The number of aliphatic hydroxyl groups is 1. The average molecular weight is 1110 g/mol. The van der Waals surface area contributed by atoms with Crippen molar-refractivity contribution in [1.29, 1.82) is 0 Å². The second kappa shape index (κ2) is 54.3. The number of aliphatic carboxylic acids is 1. The number of aliphatic hydroxyl groups excluding tert-OH is 1. The summed E-state index contributed by atoms with van der Waals surface area (Å²) in [5.74, 6) is -1.78. The minimum atomic E-state index is -1.11. The molecular weight excluding hydrogens is 1000 g/mol. The van der Waals surface area contributed by atoms with Crippen molar-refractivity contribution < 1.29 is 67.5 Å². The zero-order valence-corrected chi connectivity index (χ0v) is 49.4. The smallest absolute Gasteiger partial charge is 0.326 e. The Morgan fingerprint density at radius 3 is 1.62 bits per heavy atom. The van der Waals surface area contributed by atoms with Crippen molar-refractivity contribution >= 4 is 46.9 Å². The summed E-state index contributed by atoms with van der Waals surface area (Å²) >= 11 is 0. The number of ketones is 3. The summed E-state index contributed by atoms with van der Waals surface area (Å²) in [6.45, 7) is 18.7. The maximum Gasteiger partial charge on any atom is 0.326 e. The van der Waals surface area contributed by atoms with Gasteiger partial charge in [-0.15, -0.1) is 0 Å². The summed E-state index contributed by atoms with van der Waals surface area (Å²) in [6.07, 6.45) is 20.8. The molecule has 0 bridgehead atoms. The number of unbranched alkanes of at least 4 members (excludes halogenated alkanes) is 13. The minimum absolute atomic E-state index is 0.00360. The molecule has 3 atom stereocenters. The Balaban J connectivity index is -0.00000117. The third-order valence-electron chi connectivity index (χ3n) is 12.5. The van der Waals surface area contributed by atoms with Crippen LogP contribution in [0.15, 0.2) is 30.3 Å². The highest BCUT2D eigenvalue weighted by Gasteiger charge is 2.24. The van der Waals surface area contributed by atoms with E-state index in [9.17, 15) is 43.5 Å². The van der Waals surface area contributed by atoms with Crippen LogP contribution in [0.4, 0.5) is 0 Å². The molecule has 9 N–H and O–H groups in total. The van der Waals surface area contributed by atoms with E-state index in [0.717, 1.165) is 44.9 Å². The van der Waals surface area contributed by atoms with Gasteiger partial charge in [-0.25, -0.2) is 4.79 Å². The summed E-state index contributed by atoms with van der Waals surface area (Å²) in [7, 11) is 0. The van der Waals surface area contributed by atoms with Crippen LogP contribution in [0, 0.1) is 11.3 Å². The molecule has 0 fully saturated rings. The molecule has 0 heterocycles. The highest BCUT2D eigenvalue weighted by Crippen LogP contribution is 2.22. The lowest BCUT2D eigenvalue weighted by molar-refractivity contribution is -0.142. The highest BCUT2D eigenvalue weighted by atomic mass is 16.5. The number of primary amides is 1. The van der Waals surface area contributed by atoms with Gasteiger partial charge in [0.2, 0.25) is 23.6 Å². The van der Waals surface area contributed by atoms with Gasteiger partial charge >= 0.3 is 5.97 Å². The number of benzene rings is 1. The number of carboxylic acid groups (broad SMARTS) is 1. The monoisotopic (exact) mass is 1110 g/mol. The number of rotatable bonds is 46. The molecule has 19 heteroatoms. The molecule has 0 aliphatic rings. The average Bonchev–Trinajstić information content (AvgIpc) is 3.39. The van der Waals surface area contributed by atoms with Crippen molar-refractivity contribution in [2.24, 2.45) is 22.8 Å². The number of nitrogens with two attached hydrogens (primary N) is 2. The summed E-state index contributed by atoms with van der Waals surface area (Å²) in [5.41, 5.74) is 10.5. The third-order valence-corrected chi connectivity index (χ3v) is 12.5. The number of carboxylic acids is 1. The molecule has 1 unspecified atom stereocenters. The van der Waals surface area contributed by atoms with E-state index >= 15 is 0 Å². The molecule has 0 saturated heterocycles. The number of carbonyl (C=O) groups excluding carboxylic acids is 7. The first-order chi connectivity index (χ1) is 37.2. The van der Waals surface area contributed by atoms with E-state index in [1.165, 1.54) is 69.8 Å². The van der Waals surface area contributed by atoms with E-state index in [0.29, 0.717) is 72.0 Å². The lowest BCUT2D eigenvalue weighted by Crippen LogP contribution is -2.41. The molecule has 452 valence electrons. The molecule has 0 aliphatic carbocycles. The second-order valence-corrected chi connectivity index (χ2v) is 20.2. The number of carbonyl (C=O) groups is 8. The van der Waals surface area contributed by atoms with Crippen LogP contribution in [0.2, 0.25) is 0 Å². The van der Waals surface area contributed by atoms with Gasteiger partial charge in [0.25, 0.3) is 0 Å². The van der Waals surface area contributed by atoms with Crippen LogP contribution >= 0.6 is 0 Å². The largest absolute Gasteiger partial charge is 0.480 e. The van der Waals surface area contributed by atoms with Crippen molar-refractivity contribution in [3.8, 4) is 0 Å². The van der Waals surface area contributed by atoms with E-state index in [-0.39, 0.29) is 79.1 Å². The summed E-state index contributed by atoms with van der Waals surface area (Å²) in [4.78, 5) is 90.5. The molecule has 1 aromatic rings. The Hall–Kier alpha value is -4.66. The molecule has 0 spiro atoms. The van der Waals surface area contributed by atoms with E-state index in [1.807, 2.05) is 52.8 Å². The SMILES string of the molecule is CC(=O)C(C)(C)Cc1ccccc1.CCCCCCCCCCCCCCCC(=O)NC(CCC(=O)CCCOCCOCC(=O)NCC)C(=O)O.CCOCCOCC(=O)NCCCC[C@H](C)C(C)=O.NC(=O)[C@@H](N)CO. The van der Waals surface area contributed by atoms with Crippen molar-refractivity contribution in [2.45, 2.75) is 209 Å². The van der Waals surface area contributed by atoms with Crippen LogP contribution in [0.1, 0.15) is 196 Å². The van der Waals surface area contributed by atoms with Gasteiger partial charge in [-0.3, -0.25) is 33.6 Å². The zero-order chi connectivity index (χ0) is 59.2. The normalized spacial score (nSPS) is 11.9. The van der Waals surface area contributed by atoms with E-state index < -0.39 is 24.0 Å². The van der Waals surface area contributed by atoms with Gasteiger partial charge in [-0.2, -0.15) is 0 Å². The van der Waals surface area contributed by atoms with Crippen LogP contribution in [-0.2, 0) is 63.7 Å². The minimum Gasteiger partial charge on any atom is -0.480 e. The van der Waals surface area contributed by atoms with Crippen LogP contribution in [0.25, 0.3) is 0 Å². The first kappa shape index (κ1) is 77.6. The Bertz CT molecular complexity index is 1700. The third kappa shape index (κ3) is 53.3. The zero-order valence-electron chi connectivity index (χ0n) is 49.4. The van der Waals surface area contributed by atoms with E-state index in [2.05, 4.69) is 40.7 Å². The molecule has 0 aromatic heterocycles. The first-order valence-electron chi connectivity index (χ1n) is 28.8. The van der Waals surface area contributed by atoms with Gasteiger partial charge in [0.15, 0.2) is 0 Å². The van der Waals surface area contributed by atoms with Gasteiger partial charge in [-0.05, 0) is 71.8 Å². The van der Waals surface area contributed by atoms with Crippen molar-refractivity contribution in [3.63, 3.8) is 0 Å². The summed E-state index contributed by atoms with van der Waals surface area (Å²) in [6, 6.07) is 8.18. The van der Waals surface area contributed by atoms with Gasteiger partial charge < -0.3 is 56.6 Å². The number of amides is 4. The Kier molecular flexibility index (Phi) is 54.0. The molecule has 19 nitrogen and oxygen atoms in total. The van der Waals surface area contributed by atoms with Gasteiger partial charge in [0, 0.05) is 56.9 Å². The van der Waals surface area contributed by atoms with Gasteiger partial charge in [0.05, 0.1) is 33.0 Å². The first-order valence-corrected chi connectivity index (χ1v) is 28.8. The van der Waals surface area contributed by atoms with Crippen LogP contribution in [-0.4, -0.2) is 142 Å². The fraction of sp³-hybridized carbons (Fsp3) is 0.763. The predicted molar refractivity (Wildman–Crippen MR) is 307 cm³/mol. The highest BCUT2D eigenvalue weighted by molar-refractivity contribution is 5.85. The molecular formula is C59H107N5O14. The molecule has 0 radical (unpaired) electrons. The Morgan fingerprint density at radius 1 is 0.615 bits per heavy atom. The van der Waals surface area contributed by atoms with Gasteiger partial charge in [0.1, 0.15) is 42.6 Å². The fourth-order valence-corrected chi connectivity index (χ4v) is 7.07.